The molecule has 0 fully saturated rings. The maximum atomic E-state index is 12.5. The maximum absolute atomic E-state index is 12.5. The zero-order valence-corrected chi connectivity index (χ0v) is 16.8. The van der Waals surface area contributed by atoms with E-state index >= 15 is 0 Å². The number of sulfonamides is 1. The molecule has 0 spiro atoms. The number of rotatable bonds is 5. The number of aromatic nitrogens is 1. The molecule has 1 aromatic heterocycles. The number of aromatic amines is 1. The van der Waals surface area contributed by atoms with Gasteiger partial charge in [-0.2, -0.15) is 0 Å². The molecule has 148 valence electrons. The summed E-state index contributed by atoms with van der Waals surface area (Å²) in [5.41, 5.74) is 3.61. The molecule has 1 aliphatic heterocycles. The molecule has 2 heterocycles. The highest BCUT2D eigenvalue weighted by Gasteiger charge is 2.27. The number of carbonyl (C=O) groups is 2. The zero-order valence-electron chi connectivity index (χ0n) is 16.0. The van der Waals surface area contributed by atoms with Gasteiger partial charge in [-0.25, -0.2) is 17.9 Å². The summed E-state index contributed by atoms with van der Waals surface area (Å²) in [6.45, 7) is 5.51. The minimum absolute atomic E-state index is 0.0581. The second-order valence-corrected chi connectivity index (χ2v) is 8.20. The van der Waals surface area contributed by atoms with E-state index in [0.29, 0.717) is 39.3 Å². The van der Waals surface area contributed by atoms with E-state index in [1.165, 1.54) is 19.2 Å². The van der Waals surface area contributed by atoms with Gasteiger partial charge in [0.25, 0.3) is 5.91 Å². The molecule has 2 aromatic rings. The summed E-state index contributed by atoms with van der Waals surface area (Å²) < 4.78 is 31.5. The summed E-state index contributed by atoms with van der Waals surface area (Å²) >= 11 is 0. The van der Waals surface area contributed by atoms with Gasteiger partial charge in [0.15, 0.2) is 0 Å². The Bertz CT molecular complexity index is 1110. The molecule has 0 saturated carbocycles. The molecule has 0 aliphatic carbocycles. The Morgan fingerprint density at radius 2 is 2.00 bits per heavy atom. The molecule has 1 amide bonds. The summed E-state index contributed by atoms with van der Waals surface area (Å²) in [5.74, 6) is -0.782. The van der Waals surface area contributed by atoms with Crippen LogP contribution in [0.25, 0.3) is 11.6 Å². The number of amides is 1. The van der Waals surface area contributed by atoms with Crippen LogP contribution in [0.1, 0.15) is 39.8 Å². The Hall–Kier alpha value is -2.91. The van der Waals surface area contributed by atoms with Crippen molar-refractivity contribution in [2.24, 2.45) is 0 Å². The van der Waals surface area contributed by atoms with Crippen LogP contribution in [0.3, 0.4) is 0 Å². The van der Waals surface area contributed by atoms with Crippen LogP contribution in [0.2, 0.25) is 0 Å². The monoisotopic (exact) mass is 403 g/mol. The van der Waals surface area contributed by atoms with Gasteiger partial charge in [0.2, 0.25) is 10.0 Å². The first-order valence-electron chi connectivity index (χ1n) is 8.67. The molecule has 8 nitrogen and oxygen atoms in total. The van der Waals surface area contributed by atoms with Crippen LogP contribution >= 0.6 is 0 Å². The molecule has 3 rings (SSSR count). The van der Waals surface area contributed by atoms with Crippen molar-refractivity contribution in [2.45, 2.75) is 25.7 Å². The van der Waals surface area contributed by atoms with Crippen molar-refractivity contribution in [1.82, 2.24) is 9.71 Å². The minimum Gasteiger partial charge on any atom is -0.462 e. The molecule has 0 saturated heterocycles. The highest BCUT2D eigenvalue weighted by atomic mass is 32.2. The number of ether oxygens (including phenoxy) is 1. The fourth-order valence-electron chi connectivity index (χ4n) is 3.17. The highest BCUT2D eigenvalue weighted by Crippen LogP contribution is 2.35. The fourth-order valence-corrected chi connectivity index (χ4v) is 3.92. The summed E-state index contributed by atoms with van der Waals surface area (Å²) in [6.07, 6.45) is 1.61. The highest BCUT2D eigenvalue weighted by molar-refractivity contribution is 7.89. The lowest BCUT2D eigenvalue weighted by molar-refractivity contribution is -0.110. The number of anilines is 1. The first-order valence-corrected chi connectivity index (χ1v) is 10.1. The van der Waals surface area contributed by atoms with Crippen molar-refractivity contribution in [2.75, 3.05) is 19.0 Å². The van der Waals surface area contributed by atoms with Gasteiger partial charge in [0.05, 0.1) is 22.6 Å². The summed E-state index contributed by atoms with van der Waals surface area (Å²) in [5, 5.41) is 2.72. The number of esters is 1. The molecule has 3 N–H and O–H groups in total. The molecule has 28 heavy (non-hydrogen) atoms. The Balaban J connectivity index is 2.11. The van der Waals surface area contributed by atoms with E-state index in [2.05, 4.69) is 15.0 Å². The van der Waals surface area contributed by atoms with Crippen molar-refractivity contribution < 1.29 is 22.7 Å². The first kappa shape index (κ1) is 19.8. The van der Waals surface area contributed by atoms with E-state index in [9.17, 15) is 18.0 Å². The third-order valence-corrected chi connectivity index (χ3v) is 6.01. The normalized spacial score (nSPS) is 14.9. The number of hydrogen-bond acceptors (Lipinski definition) is 5. The molecule has 0 unspecified atom stereocenters. The van der Waals surface area contributed by atoms with Crippen LogP contribution in [0, 0.1) is 13.8 Å². The average Bonchev–Trinajstić information content (AvgIpc) is 3.11. The predicted octanol–water partition coefficient (Wildman–Crippen LogP) is 2.21. The molecule has 0 atom stereocenters. The van der Waals surface area contributed by atoms with Crippen molar-refractivity contribution in [3.63, 3.8) is 0 Å². The van der Waals surface area contributed by atoms with Gasteiger partial charge in [-0.15, -0.1) is 0 Å². The van der Waals surface area contributed by atoms with Crippen molar-refractivity contribution >= 4 is 39.2 Å². The molecule has 0 bridgehead atoms. The van der Waals surface area contributed by atoms with Gasteiger partial charge in [-0.3, -0.25) is 4.79 Å². The van der Waals surface area contributed by atoms with Crippen molar-refractivity contribution in [1.29, 1.82) is 0 Å². The number of fused-ring (bicyclic) bond motifs is 1. The summed E-state index contributed by atoms with van der Waals surface area (Å²) in [7, 11) is -2.32. The van der Waals surface area contributed by atoms with Crippen LogP contribution in [0.15, 0.2) is 23.1 Å². The van der Waals surface area contributed by atoms with E-state index in [1.807, 2.05) is 0 Å². The van der Waals surface area contributed by atoms with E-state index in [4.69, 9.17) is 4.74 Å². The number of carbonyl (C=O) groups excluding carboxylic acids is 2. The van der Waals surface area contributed by atoms with Crippen molar-refractivity contribution in [3.05, 3.63) is 46.3 Å². The molecule has 1 aromatic carbocycles. The second kappa shape index (κ2) is 7.25. The largest absolute Gasteiger partial charge is 0.462 e. The van der Waals surface area contributed by atoms with Gasteiger partial charge in [-0.1, -0.05) is 0 Å². The summed E-state index contributed by atoms with van der Waals surface area (Å²) in [4.78, 5) is 27.8. The predicted molar refractivity (Wildman–Crippen MR) is 105 cm³/mol. The Morgan fingerprint density at radius 1 is 1.29 bits per heavy atom. The van der Waals surface area contributed by atoms with Gasteiger partial charge >= 0.3 is 5.97 Å². The minimum atomic E-state index is -3.65. The quantitative estimate of drug-likeness (QED) is 0.523. The Labute approximate surface area is 163 Å². The Morgan fingerprint density at radius 3 is 2.64 bits per heavy atom. The van der Waals surface area contributed by atoms with Gasteiger partial charge in [0, 0.05) is 22.6 Å². The third kappa shape index (κ3) is 3.34. The number of aryl methyl sites for hydroxylation is 1. The molecular weight excluding hydrogens is 382 g/mol. The van der Waals surface area contributed by atoms with Crippen molar-refractivity contribution in [3.8, 4) is 0 Å². The van der Waals surface area contributed by atoms with Crippen LogP contribution in [-0.4, -0.2) is 38.9 Å². The topological polar surface area (TPSA) is 117 Å². The van der Waals surface area contributed by atoms with Crippen LogP contribution < -0.4 is 10.0 Å². The number of hydrogen-bond donors (Lipinski definition) is 3. The molecular formula is C19H21N3O5S. The van der Waals surface area contributed by atoms with Crippen LogP contribution in [0.4, 0.5) is 5.69 Å². The Kier molecular flexibility index (Phi) is 5.14. The van der Waals surface area contributed by atoms with E-state index < -0.39 is 16.0 Å². The zero-order chi connectivity index (χ0) is 20.6. The maximum Gasteiger partial charge on any atom is 0.340 e. The van der Waals surface area contributed by atoms with E-state index in [0.717, 1.165) is 0 Å². The van der Waals surface area contributed by atoms with Crippen LogP contribution in [0.5, 0.6) is 0 Å². The lowest BCUT2D eigenvalue weighted by Gasteiger charge is -2.05. The lowest BCUT2D eigenvalue weighted by atomic mass is 10.0. The molecule has 0 radical (unpaired) electrons. The van der Waals surface area contributed by atoms with Gasteiger partial charge in [-0.05, 0) is 57.7 Å². The standard InChI is InChI=1S/C19H21N3O5S/c1-5-27-19(24)17-10(2)16(21-11(17)3)9-14-13-8-12(28(25,26)20-4)6-7-15(13)22-18(14)23/h6-9,20-21H,5H2,1-4H3,(H,22,23). The SMILES string of the molecule is CCOC(=O)c1c(C)[nH]c(C=C2C(=O)Nc3ccc(S(=O)(=O)NC)cc32)c1C. The lowest BCUT2D eigenvalue weighted by Crippen LogP contribution is -2.18. The smallest absolute Gasteiger partial charge is 0.340 e. The van der Waals surface area contributed by atoms with E-state index in [-0.39, 0.29) is 17.4 Å². The van der Waals surface area contributed by atoms with Gasteiger partial charge < -0.3 is 15.0 Å². The fraction of sp³-hybridized carbons (Fsp3) is 0.263. The number of H-pyrrole nitrogens is 1. The third-order valence-electron chi connectivity index (χ3n) is 4.60. The average molecular weight is 403 g/mol. The molecule has 1 aliphatic rings. The van der Waals surface area contributed by atoms with E-state index in [1.54, 1.807) is 32.9 Å². The molecule has 9 heteroatoms. The van der Waals surface area contributed by atoms with Crippen LogP contribution in [-0.2, 0) is 19.6 Å². The van der Waals surface area contributed by atoms with Gasteiger partial charge in [0.1, 0.15) is 0 Å². The first-order chi connectivity index (χ1) is 13.2. The number of nitrogens with one attached hydrogen (secondary N) is 3. The summed E-state index contributed by atoms with van der Waals surface area (Å²) in [6, 6.07) is 4.42. The number of benzene rings is 1. The second-order valence-electron chi connectivity index (χ2n) is 6.31.